The smallest absolute Gasteiger partial charge is 0.151 e. The number of nitrogens with one attached hydrogen (secondary N) is 2. The molecule has 0 fully saturated rings. The molecule has 0 aliphatic rings. The molecule has 0 saturated heterocycles. The van der Waals surface area contributed by atoms with Crippen LogP contribution >= 0.6 is 0 Å². The van der Waals surface area contributed by atoms with Gasteiger partial charge in [-0.2, -0.15) is 5.10 Å². The molecule has 0 spiro atoms. The largest absolute Gasteiger partial charge is 0.307 e. The maximum absolute atomic E-state index is 11.4. The molecule has 6 heteroatoms. The third-order valence-electron chi connectivity index (χ3n) is 2.50. The molecule has 1 heterocycles. The molecule has 16 heavy (non-hydrogen) atoms. The molecule has 0 amide bonds. The molecule has 2 unspecified atom stereocenters. The summed E-state index contributed by atoms with van der Waals surface area (Å²) in [5.74, 6) is 0.366. The average Bonchev–Trinajstić information content (AvgIpc) is 2.69. The zero-order valence-electron chi connectivity index (χ0n) is 9.90. The van der Waals surface area contributed by atoms with Gasteiger partial charge in [-0.1, -0.05) is 6.92 Å². The Hall–Kier alpha value is -0.880. The van der Waals surface area contributed by atoms with Crippen molar-refractivity contribution in [3.8, 4) is 0 Å². The highest BCUT2D eigenvalue weighted by Crippen LogP contribution is 2.10. The van der Waals surface area contributed by atoms with Crippen molar-refractivity contribution in [3.63, 3.8) is 0 Å². The van der Waals surface area contributed by atoms with Crippen LogP contribution in [-0.4, -0.2) is 36.2 Å². The lowest BCUT2D eigenvalue weighted by molar-refractivity contribution is 0.500. The highest BCUT2D eigenvalue weighted by atomic mass is 32.2. The molecule has 0 aliphatic heterocycles. The van der Waals surface area contributed by atoms with E-state index in [0.29, 0.717) is 0 Å². The molecule has 1 aromatic rings. The summed E-state index contributed by atoms with van der Waals surface area (Å²) in [6.07, 6.45) is 3.54. The number of rotatable bonds is 6. The molecule has 0 bridgehead atoms. The summed E-state index contributed by atoms with van der Waals surface area (Å²) in [6, 6.07) is 0.0376. The predicted molar refractivity (Wildman–Crippen MR) is 63.9 cm³/mol. The van der Waals surface area contributed by atoms with E-state index < -0.39 is 9.84 Å². The van der Waals surface area contributed by atoms with E-state index in [1.807, 2.05) is 13.8 Å². The van der Waals surface area contributed by atoms with E-state index in [0.717, 1.165) is 5.56 Å². The van der Waals surface area contributed by atoms with E-state index in [2.05, 4.69) is 15.5 Å². The number of nitrogens with zero attached hydrogens (tertiary/aromatic N) is 1. The Labute approximate surface area is 96.6 Å². The van der Waals surface area contributed by atoms with Crippen molar-refractivity contribution in [2.45, 2.75) is 32.9 Å². The Bertz CT molecular complexity index is 400. The van der Waals surface area contributed by atoms with Gasteiger partial charge in [0.1, 0.15) is 0 Å². The standard InChI is InChI=1S/C10H19N3O2S/c1-4-16(14,15)7-8(2)13-9(3)10-5-11-12-6-10/h5-6,8-9,13H,4,7H2,1-3H3,(H,11,12). The van der Waals surface area contributed by atoms with Crippen LogP contribution in [0.25, 0.3) is 0 Å². The molecule has 0 aromatic carbocycles. The summed E-state index contributed by atoms with van der Waals surface area (Å²) in [5.41, 5.74) is 1.03. The van der Waals surface area contributed by atoms with Gasteiger partial charge in [-0.25, -0.2) is 8.42 Å². The summed E-state index contributed by atoms with van der Waals surface area (Å²) >= 11 is 0. The van der Waals surface area contributed by atoms with Crippen LogP contribution in [0, 0.1) is 0 Å². The lowest BCUT2D eigenvalue weighted by Crippen LogP contribution is -2.35. The molecule has 2 N–H and O–H groups in total. The number of sulfone groups is 1. The summed E-state index contributed by atoms with van der Waals surface area (Å²) < 4.78 is 22.8. The Morgan fingerprint density at radius 2 is 2.19 bits per heavy atom. The molecular formula is C10H19N3O2S. The van der Waals surface area contributed by atoms with Crippen molar-refractivity contribution < 1.29 is 8.42 Å². The highest BCUT2D eigenvalue weighted by molar-refractivity contribution is 7.91. The SMILES string of the molecule is CCS(=O)(=O)CC(C)NC(C)c1cn[nH]c1. The van der Waals surface area contributed by atoms with E-state index in [-0.39, 0.29) is 23.6 Å². The first-order valence-electron chi connectivity index (χ1n) is 5.39. The van der Waals surface area contributed by atoms with Gasteiger partial charge >= 0.3 is 0 Å². The molecule has 2 atom stereocenters. The number of hydrogen-bond acceptors (Lipinski definition) is 4. The minimum Gasteiger partial charge on any atom is -0.307 e. The van der Waals surface area contributed by atoms with E-state index >= 15 is 0 Å². The van der Waals surface area contributed by atoms with Crippen LogP contribution in [0.4, 0.5) is 0 Å². The molecular weight excluding hydrogens is 226 g/mol. The lowest BCUT2D eigenvalue weighted by atomic mass is 10.2. The number of H-pyrrole nitrogens is 1. The minimum absolute atomic E-state index is 0.0603. The Morgan fingerprint density at radius 3 is 2.69 bits per heavy atom. The van der Waals surface area contributed by atoms with Crippen LogP contribution in [0.2, 0.25) is 0 Å². The zero-order valence-corrected chi connectivity index (χ0v) is 10.7. The first-order chi connectivity index (χ1) is 7.44. The van der Waals surface area contributed by atoms with Crippen molar-refractivity contribution in [2.24, 2.45) is 0 Å². The van der Waals surface area contributed by atoms with Crippen LogP contribution in [-0.2, 0) is 9.84 Å². The van der Waals surface area contributed by atoms with Crippen LogP contribution in [0.15, 0.2) is 12.4 Å². The second kappa shape index (κ2) is 5.45. The van der Waals surface area contributed by atoms with Crippen molar-refractivity contribution in [3.05, 3.63) is 18.0 Å². The molecule has 1 rings (SSSR count). The van der Waals surface area contributed by atoms with E-state index in [4.69, 9.17) is 0 Å². The van der Waals surface area contributed by atoms with Crippen LogP contribution in [0.3, 0.4) is 0 Å². The van der Waals surface area contributed by atoms with Gasteiger partial charge in [-0.3, -0.25) is 5.10 Å². The maximum atomic E-state index is 11.4. The predicted octanol–water partition coefficient (Wildman–Crippen LogP) is 0.883. The number of aromatic nitrogens is 2. The van der Waals surface area contributed by atoms with Gasteiger partial charge in [0, 0.05) is 29.6 Å². The zero-order chi connectivity index (χ0) is 12.2. The van der Waals surface area contributed by atoms with Gasteiger partial charge in [0.2, 0.25) is 0 Å². The third-order valence-corrected chi connectivity index (χ3v) is 4.39. The lowest BCUT2D eigenvalue weighted by Gasteiger charge is -2.18. The van der Waals surface area contributed by atoms with Crippen molar-refractivity contribution in [1.29, 1.82) is 0 Å². The van der Waals surface area contributed by atoms with Gasteiger partial charge in [0.25, 0.3) is 0 Å². The summed E-state index contributed by atoms with van der Waals surface area (Å²) in [6.45, 7) is 5.53. The monoisotopic (exact) mass is 245 g/mol. The van der Waals surface area contributed by atoms with Crippen LogP contribution < -0.4 is 5.32 Å². The number of hydrogen-bond donors (Lipinski definition) is 2. The van der Waals surface area contributed by atoms with Gasteiger partial charge < -0.3 is 5.32 Å². The van der Waals surface area contributed by atoms with Gasteiger partial charge in [0.05, 0.1) is 11.9 Å². The second-order valence-electron chi connectivity index (χ2n) is 4.02. The molecule has 0 saturated carbocycles. The minimum atomic E-state index is -2.92. The quantitative estimate of drug-likeness (QED) is 0.780. The molecule has 5 nitrogen and oxygen atoms in total. The fourth-order valence-corrected chi connectivity index (χ4v) is 2.66. The molecule has 0 aliphatic carbocycles. The van der Waals surface area contributed by atoms with Gasteiger partial charge in [0.15, 0.2) is 9.84 Å². The Balaban J connectivity index is 2.49. The summed E-state index contributed by atoms with van der Waals surface area (Å²) in [5, 5.41) is 9.83. The van der Waals surface area contributed by atoms with Crippen molar-refractivity contribution in [1.82, 2.24) is 15.5 Å². The Kier molecular flexibility index (Phi) is 4.49. The maximum Gasteiger partial charge on any atom is 0.151 e. The average molecular weight is 245 g/mol. The second-order valence-corrected chi connectivity index (χ2v) is 6.42. The summed E-state index contributed by atoms with van der Waals surface area (Å²) in [4.78, 5) is 0. The van der Waals surface area contributed by atoms with Crippen LogP contribution in [0.5, 0.6) is 0 Å². The fourth-order valence-electron chi connectivity index (χ4n) is 1.57. The fraction of sp³-hybridized carbons (Fsp3) is 0.700. The topological polar surface area (TPSA) is 74.8 Å². The van der Waals surface area contributed by atoms with Gasteiger partial charge in [-0.05, 0) is 13.8 Å². The van der Waals surface area contributed by atoms with Crippen molar-refractivity contribution >= 4 is 9.84 Å². The van der Waals surface area contributed by atoms with Gasteiger partial charge in [-0.15, -0.1) is 0 Å². The Morgan fingerprint density at radius 1 is 1.50 bits per heavy atom. The highest BCUT2D eigenvalue weighted by Gasteiger charge is 2.16. The first-order valence-corrected chi connectivity index (χ1v) is 7.22. The number of aromatic amines is 1. The molecule has 0 radical (unpaired) electrons. The van der Waals surface area contributed by atoms with Crippen molar-refractivity contribution in [2.75, 3.05) is 11.5 Å². The normalized spacial score (nSPS) is 15.9. The third kappa shape index (κ3) is 3.94. The first kappa shape index (κ1) is 13.2. The van der Waals surface area contributed by atoms with E-state index in [9.17, 15) is 8.42 Å². The van der Waals surface area contributed by atoms with E-state index in [1.54, 1.807) is 19.3 Å². The molecule has 92 valence electrons. The summed E-state index contributed by atoms with van der Waals surface area (Å²) in [7, 11) is -2.92. The molecule has 1 aromatic heterocycles. The van der Waals surface area contributed by atoms with E-state index in [1.165, 1.54) is 0 Å². The van der Waals surface area contributed by atoms with Crippen LogP contribution in [0.1, 0.15) is 32.4 Å².